The Morgan fingerprint density at radius 2 is 1.95 bits per heavy atom. The lowest BCUT2D eigenvalue weighted by Crippen LogP contribution is -1.99. The Kier molecular flexibility index (Phi) is 3.61. The second kappa shape index (κ2) is 5.57. The number of halogens is 1. The molecule has 5 heteroatoms. The van der Waals surface area contributed by atoms with Crippen LogP contribution in [0.5, 0.6) is 0 Å². The van der Waals surface area contributed by atoms with Crippen molar-refractivity contribution in [3.63, 3.8) is 0 Å². The van der Waals surface area contributed by atoms with Gasteiger partial charge in [0.05, 0.1) is 10.6 Å². The van der Waals surface area contributed by atoms with E-state index in [-0.39, 0.29) is 5.82 Å². The molecule has 0 aliphatic carbocycles. The predicted molar refractivity (Wildman–Crippen MR) is 87.1 cm³/mol. The van der Waals surface area contributed by atoms with Crippen molar-refractivity contribution in [2.75, 3.05) is 5.73 Å². The van der Waals surface area contributed by atoms with Gasteiger partial charge in [0.2, 0.25) is 0 Å². The summed E-state index contributed by atoms with van der Waals surface area (Å²) in [4.78, 5) is 5.34. The van der Waals surface area contributed by atoms with Gasteiger partial charge in [-0.25, -0.2) is 4.98 Å². The Hall–Kier alpha value is -2.35. The van der Waals surface area contributed by atoms with Crippen LogP contribution in [-0.4, -0.2) is 4.98 Å². The molecule has 2 N–H and O–H groups in total. The SMILES string of the molecule is N#Cc1c(-c2ccc(Cl)cc2)cc(-c2cccs2)nc1N. The summed E-state index contributed by atoms with van der Waals surface area (Å²) in [6, 6.07) is 15.3. The molecule has 0 spiro atoms. The second-order valence-corrected chi connectivity index (χ2v) is 5.80. The van der Waals surface area contributed by atoms with Gasteiger partial charge in [-0.1, -0.05) is 29.8 Å². The number of benzene rings is 1. The van der Waals surface area contributed by atoms with Crippen molar-refractivity contribution in [2.24, 2.45) is 0 Å². The third-order valence-corrected chi connectivity index (χ3v) is 4.23. The molecule has 0 unspecified atom stereocenters. The van der Waals surface area contributed by atoms with Crippen LogP contribution in [0.4, 0.5) is 5.82 Å². The number of aromatic nitrogens is 1. The summed E-state index contributed by atoms with van der Waals surface area (Å²) in [6.45, 7) is 0. The van der Waals surface area contributed by atoms with Gasteiger partial charge in [-0.3, -0.25) is 0 Å². The Morgan fingerprint density at radius 3 is 2.57 bits per heavy atom. The average Bonchev–Trinajstić information content (AvgIpc) is 3.01. The molecule has 1 aromatic carbocycles. The van der Waals surface area contributed by atoms with Crippen LogP contribution in [0.2, 0.25) is 5.02 Å². The molecular formula is C16H10ClN3S. The molecule has 102 valence electrons. The third kappa shape index (κ3) is 2.62. The first-order valence-electron chi connectivity index (χ1n) is 6.19. The van der Waals surface area contributed by atoms with Crippen LogP contribution in [0.3, 0.4) is 0 Å². The molecule has 0 aliphatic heterocycles. The zero-order valence-electron chi connectivity index (χ0n) is 10.9. The average molecular weight is 312 g/mol. The maximum absolute atomic E-state index is 9.34. The highest BCUT2D eigenvalue weighted by molar-refractivity contribution is 7.13. The number of nitrogen functional groups attached to an aromatic ring is 1. The fourth-order valence-corrected chi connectivity index (χ4v) is 2.90. The fraction of sp³-hybridized carbons (Fsp3) is 0. The van der Waals surface area contributed by atoms with E-state index in [1.165, 1.54) is 0 Å². The summed E-state index contributed by atoms with van der Waals surface area (Å²) < 4.78 is 0. The van der Waals surface area contributed by atoms with Crippen LogP contribution in [0.15, 0.2) is 47.8 Å². The molecule has 0 atom stereocenters. The van der Waals surface area contributed by atoms with Gasteiger partial charge in [0.25, 0.3) is 0 Å². The number of nitrogens with two attached hydrogens (primary N) is 1. The molecular weight excluding hydrogens is 302 g/mol. The lowest BCUT2D eigenvalue weighted by Gasteiger charge is -2.09. The fourth-order valence-electron chi connectivity index (χ4n) is 2.09. The van der Waals surface area contributed by atoms with Crippen LogP contribution in [0.25, 0.3) is 21.7 Å². The van der Waals surface area contributed by atoms with Crippen molar-refractivity contribution in [3.8, 4) is 27.8 Å². The molecule has 0 bridgehead atoms. The molecule has 0 aliphatic rings. The molecule has 3 aromatic rings. The van der Waals surface area contributed by atoms with Gasteiger partial charge in [0.1, 0.15) is 17.5 Å². The molecule has 0 fully saturated rings. The zero-order chi connectivity index (χ0) is 14.8. The molecule has 0 radical (unpaired) electrons. The quantitative estimate of drug-likeness (QED) is 0.753. The summed E-state index contributed by atoms with van der Waals surface area (Å²) in [5.41, 5.74) is 8.77. The van der Waals surface area contributed by atoms with Crippen molar-refractivity contribution >= 4 is 28.8 Å². The van der Waals surface area contributed by atoms with Crippen molar-refractivity contribution < 1.29 is 0 Å². The van der Waals surface area contributed by atoms with E-state index in [2.05, 4.69) is 11.1 Å². The molecule has 0 saturated carbocycles. The Balaban J connectivity index is 2.22. The lowest BCUT2D eigenvalue weighted by molar-refractivity contribution is 1.32. The monoisotopic (exact) mass is 311 g/mol. The van der Waals surface area contributed by atoms with E-state index in [0.29, 0.717) is 10.6 Å². The minimum absolute atomic E-state index is 0.244. The number of thiophene rings is 1. The van der Waals surface area contributed by atoms with Crippen molar-refractivity contribution in [3.05, 3.63) is 58.4 Å². The normalized spacial score (nSPS) is 10.3. The Bertz CT molecular complexity index is 818. The molecule has 21 heavy (non-hydrogen) atoms. The maximum Gasteiger partial charge on any atom is 0.142 e. The molecule has 2 aromatic heterocycles. The molecule has 2 heterocycles. The van der Waals surface area contributed by atoms with Crippen LogP contribution in [0, 0.1) is 11.3 Å². The maximum atomic E-state index is 9.34. The number of anilines is 1. The van der Waals surface area contributed by atoms with Crippen LogP contribution in [0.1, 0.15) is 5.56 Å². The second-order valence-electron chi connectivity index (χ2n) is 4.41. The van der Waals surface area contributed by atoms with Gasteiger partial charge in [-0.05, 0) is 35.2 Å². The van der Waals surface area contributed by atoms with Crippen LogP contribution in [-0.2, 0) is 0 Å². The number of hydrogen-bond acceptors (Lipinski definition) is 4. The Labute approximate surface area is 131 Å². The minimum Gasteiger partial charge on any atom is -0.383 e. The highest BCUT2D eigenvalue weighted by Crippen LogP contribution is 2.33. The summed E-state index contributed by atoms with van der Waals surface area (Å²) >= 11 is 7.50. The van der Waals surface area contributed by atoms with E-state index in [0.717, 1.165) is 21.7 Å². The van der Waals surface area contributed by atoms with E-state index < -0.39 is 0 Å². The van der Waals surface area contributed by atoms with Gasteiger partial charge < -0.3 is 5.73 Å². The van der Waals surface area contributed by atoms with E-state index in [4.69, 9.17) is 17.3 Å². The van der Waals surface area contributed by atoms with E-state index in [1.54, 1.807) is 23.5 Å². The molecule has 3 rings (SSSR count). The summed E-state index contributed by atoms with van der Waals surface area (Å²) in [7, 11) is 0. The smallest absolute Gasteiger partial charge is 0.142 e. The van der Waals surface area contributed by atoms with E-state index in [1.807, 2.05) is 35.7 Å². The minimum atomic E-state index is 0.244. The summed E-state index contributed by atoms with van der Waals surface area (Å²) in [6.07, 6.45) is 0. The number of nitrogens with zero attached hydrogens (tertiary/aromatic N) is 2. The largest absolute Gasteiger partial charge is 0.383 e. The van der Waals surface area contributed by atoms with Crippen molar-refractivity contribution in [1.29, 1.82) is 5.26 Å². The highest BCUT2D eigenvalue weighted by Gasteiger charge is 2.13. The first-order chi connectivity index (χ1) is 10.2. The van der Waals surface area contributed by atoms with Crippen molar-refractivity contribution in [2.45, 2.75) is 0 Å². The zero-order valence-corrected chi connectivity index (χ0v) is 12.4. The number of rotatable bonds is 2. The van der Waals surface area contributed by atoms with Gasteiger partial charge in [-0.15, -0.1) is 11.3 Å². The van der Waals surface area contributed by atoms with E-state index >= 15 is 0 Å². The summed E-state index contributed by atoms with van der Waals surface area (Å²) in [5.74, 6) is 0.244. The van der Waals surface area contributed by atoms with Gasteiger partial charge in [0.15, 0.2) is 0 Å². The van der Waals surface area contributed by atoms with Crippen LogP contribution >= 0.6 is 22.9 Å². The highest BCUT2D eigenvalue weighted by atomic mass is 35.5. The molecule has 3 nitrogen and oxygen atoms in total. The van der Waals surface area contributed by atoms with Gasteiger partial charge in [0, 0.05) is 10.6 Å². The van der Waals surface area contributed by atoms with Crippen molar-refractivity contribution in [1.82, 2.24) is 4.98 Å². The topological polar surface area (TPSA) is 62.7 Å². The number of nitriles is 1. The van der Waals surface area contributed by atoms with Gasteiger partial charge in [-0.2, -0.15) is 5.26 Å². The molecule has 0 saturated heterocycles. The standard InChI is InChI=1S/C16H10ClN3S/c17-11-5-3-10(4-6-11)12-8-14(15-2-1-7-21-15)20-16(19)13(12)9-18/h1-8H,(H2,19,20). The van der Waals surface area contributed by atoms with Gasteiger partial charge >= 0.3 is 0 Å². The van der Waals surface area contributed by atoms with E-state index in [9.17, 15) is 5.26 Å². The summed E-state index contributed by atoms with van der Waals surface area (Å²) in [5, 5.41) is 12.0. The molecule has 0 amide bonds. The van der Waals surface area contributed by atoms with Crippen LogP contribution < -0.4 is 5.73 Å². The lowest BCUT2D eigenvalue weighted by atomic mass is 10.00. The number of hydrogen-bond donors (Lipinski definition) is 1. The number of pyridine rings is 1. The first-order valence-corrected chi connectivity index (χ1v) is 7.45. The first kappa shape index (κ1) is 13.6. The Morgan fingerprint density at radius 1 is 1.19 bits per heavy atom. The third-order valence-electron chi connectivity index (χ3n) is 3.09. The predicted octanol–water partition coefficient (Wildman–Crippen LogP) is 4.58.